The van der Waals surface area contributed by atoms with Gasteiger partial charge < -0.3 is 29.2 Å². The van der Waals surface area contributed by atoms with E-state index in [2.05, 4.69) is 10.1 Å². The number of anilines is 2. The van der Waals surface area contributed by atoms with Gasteiger partial charge in [0.15, 0.2) is 0 Å². The van der Waals surface area contributed by atoms with Gasteiger partial charge in [0.05, 0.1) is 32.4 Å². The minimum Gasteiger partial charge on any atom is -0.497 e. The van der Waals surface area contributed by atoms with Gasteiger partial charge in [-0.3, -0.25) is 9.59 Å². The van der Waals surface area contributed by atoms with Crippen molar-refractivity contribution in [2.45, 2.75) is 32.2 Å². The summed E-state index contributed by atoms with van der Waals surface area (Å²) in [6, 6.07) is 13.3. The third kappa shape index (κ3) is 7.10. The first kappa shape index (κ1) is 30.3. The van der Waals surface area contributed by atoms with Crippen molar-refractivity contribution in [1.29, 1.82) is 0 Å². The number of ether oxygens (including phenoxy) is 4. The first-order chi connectivity index (χ1) is 20.5. The van der Waals surface area contributed by atoms with Crippen molar-refractivity contribution < 1.29 is 41.7 Å². The van der Waals surface area contributed by atoms with Crippen molar-refractivity contribution in [1.82, 2.24) is 0 Å². The highest BCUT2D eigenvalue weighted by molar-refractivity contribution is 6.30. The first-order valence-electron chi connectivity index (χ1n) is 13.6. The minimum atomic E-state index is -4.86. The largest absolute Gasteiger partial charge is 0.573 e. The average molecular weight is 619 g/mol. The standard InChI is InChI=1S/C31H30ClF3N2O6/c1-17-10-20(32)5-7-25(17)28(29(38)37-9-8-18-4-6-22(15-27(18)37)43-31(33,34)35)36-21-12-23(40-2)14-24(13-21)42-16-19-11-26(19)30(39)41-3/h4-7,10,12-15,19,26,28,36H,8-9,11,16H2,1-3H3/t19-,26?,28?/m1/s1. The van der Waals surface area contributed by atoms with Crippen LogP contribution in [0.5, 0.6) is 17.2 Å². The number of carbonyl (C=O) groups excluding carboxylic acids is 2. The van der Waals surface area contributed by atoms with E-state index < -0.39 is 18.2 Å². The van der Waals surface area contributed by atoms with Gasteiger partial charge in [-0.1, -0.05) is 23.7 Å². The van der Waals surface area contributed by atoms with Gasteiger partial charge in [0.25, 0.3) is 5.91 Å². The number of esters is 1. The number of benzene rings is 3. The number of nitrogens with zero attached hydrogens (tertiary/aromatic N) is 1. The van der Waals surface area contributed by atoms with E-state index in [1.807, 2.05) is 6.92 Å². The molecule has 3 aromatic carbocycles. The summed E-state index contributed by atoms with van der Waals surface area (Å²) in [4.78, 5) is 27.4. The number of alkyl halides is 3. The number of fused-ring (bicyclic) bond motifs is 1. The highest BCUT2D eigenvalue weighted by Crippen LogP contribution is 2.41. The highest BCUT2D eigenvalue weighted by atomic mass is 35.5. The third-order valence-corrected chi connectivity index (χ3v) is 7.79. The van der Waals surface area contributed by atoms with Crippen LogP contribution in [0.2, 0.25) is 5.02 Å². The molecule has 1 N–H and O–H groups in total. The Morgan fingerprint density at radius 3 is 2.51 bits per heavy atom. The van der Waals surface area contributed by atoms with Crippen molar-refractivity contribution in [2.24, 2.45) is 11.8 Å². The van der Waals surface area contributed by atoms with Crippen LogP contribution < -0.4 is 24.4 Å². The lowest BCUT2D eigenvalue weighted by Crippen LogP contribution is -2.37. The number of rotatable bonds is 10. The molecule has 12 heteroatoms. The van der Waals surface area contributed by atoms with Gasteiger partial charge in [-0.2, -0.15) is 0 Å². The van der Waals surface area contributed by atoms with E-state index in [0.717, 1.165) is 11.1 Å². The summed E-state index contributed by atoms with van der Waals surface area (Å²) in [6.45, 7) is 2.41. The Hall–Kier alpha value is -4.12. The molecule has 0 radical (unpaired) electrons. The molecule has 1 aliphatic heterocycles. The number of nitrogens with one attached hydrogen (secondary N) is 1. The molecule has 0 bridgehead atoms. The van der Waals surface area contributed by atoms with Crippen molar-refractivity contribution in [2.75, 3.05) is 37.6 Å². The molecular weight excluding hydrogens is 589 g/mol. The molecule has 0 saturated heterocycles. The van der Waals surface area contributed by atoms with Gasteiger partial charge in [0.1, 0.15) is 23.3 Å². The number of amides is 1. The van der Waals surface area contributed by atoms with E-state index in [4.69, 9.17) is 25.8 Å². The van der Waals surface area contributed by atoms with Gasteiger partial charge in [-0.05, 0) is 54.7 Å². The molecule has 43 heavy (non-hydrogen) atoms. The second-order valence-corrected chi connectivity index (χ2v) is 10.9. The molecule has 2 unspecified atom stereocenters. The second-order valence-electron chi connectivity index (χ2n) is 10.5. The lowest BCUT2D eigenvalue weighted by Gasteiger charge is -2.27. The van der Waals surface area contributed by atoms with Gasteiger partial charge in [0, 0.05) is 47.4 Å². The van der Waals surface area contributed by atoms with Crippen LogP contribution in [0.4, 0.5) is 24.5 Å². The molecular formula is C31H30ClF3N2O6. The maximum atomic E-state index is 14.2. The second kappa shape index (κ2) is 12.2. The number of hydrogen-bond donors (Lipinski definition) is 1. The molecule has 0 spiro atoms. The average Bonchev–Trinajstić information content (AvgIpc) is 3.63. The predicted molar refractivity (Wildman–Crippen MR) is 154 cm³/mol. The molecule has 1 amide bonds. The summed E-state index contributed by atoms with van der Waals surface area (Å²) >= 11 is 6.21. The Morgan fingerprint density at radius 2 is 1.81 bits per heavy atom. The summed E-state index contributed by atoms with van der Waals surface area (Å²) in [5.74, 6) is -0.245. The number of carbonyl (C=O) groups is 2. The van der Waals surface area contributed by atoms with E-state index in [0.29, 0.717) is 52.9 Å². The zero-order valence-electron chi connectivity index (χ0n) is 23.7. The van der Waals surface area contributed by atoms with Gasteiger partial charge in [-0.15, -0.1) is 13.2 Å². The van der Waals surface area contributed by atoms with Crippen LogP contribution in [-0.4, -0.2) is 45.6 Å². The van der Waals surface area contributed by atoms with Crippen molar-refractivity contribution in [3.8, 4) is 17.2 Å². The fourth-order valence-corrected chi connectivity index (χ4v) is 5.50. The molecule has 1 aliphatic carbocycles. The Balaban J connectivity index is 1.44. The summed E-state index contributed by atoms with van der Waals surface area (Å²) < 4.78 is 59.1. The summed E-state index contributed by atoms with van der Waals surface area (Å²) in [5.41, 5.74) is 2.97. The third-order valence-electron chi connectivity index (χ3n) is 7.56. The molecule has 5 rings (SSSR count). The summed E-state index contributed by atoms with van der Waals surface area (Å²) in [7, 11) is 2.86. The molecule has 1 heterocycles. The Kier molecular flexibility index (Phi) is 8.64. The fourth-order valence-electron chi connectivity index (χ4n) is 5.27. The number of halogens is 4. The van der Waals surface area contributed by atoms with Crippen LogP contribution in [0.25, 0.3) is 0 Å². The molecule has 8 nitrogen and oxygen atoms in total. The van der Waals surface area contributed by atoms with Crippen molar-refractivity contribution in [3.05, 3.63) is 76.3 Å². The monoisotopic (exact) mass is 618 g/mol. The summed E-state index contributed by atoms with van der Waals surface area (Å²) in [5, 5.41) is 3.79. The van der Waals surface area contributed by atoms with Gasteiger partial charge in [-0.25, -0.2) is 0 Å². The van der Waals surface area contributed by atoms with Crippen LogP contribution in [0.1, 0.15) is 29.2 Å². The highest BCUT2D eigenvalue weighted by Gasteiger charge is 2.44. The summed E-state index contributed by atoms with van der Waals surface area (Å²) in [6.07, 6.45) is -3.70. The number of hydrogen-bond acceptors (Lipinski definition) is 7. The molecule has 228 valence electrons. The van der Waals surface area contributed by atoms with Gasteiger partial charge in [0.2, 0.25) is 0 Å². The normalized spacial score (nSPS) is 18.0. The van der Waals surface area contributed by atoms with Crippen LogP contribution >= 0.6 is 11.6 Å². The van der Waals surface area contributed by atoms with E-state index in [9.17, 15) is 22.8 Å². The van der Waals surface area contributed by atoms with E-state index >= 15 is 0 Å². The van der Waals surface area contributed by atoms with Crippen molar-refractivity contribution in [3.63, 3.8) is 0 Å². The number of aryl methyl sites for hydroxylation is 1. The van der Waals surface area contributed by atoms with Crippen LogP contribution in [0.3, 0.4) is 0 Å². The zero-order chi connectivity index (χ0) is 30.9. The lowest BCUT2D eigenvalue weighted by molar-refractivity contribution is -0.274. The van der Waals surface area contributed by atoms with Gasteiger partial charge >= 0.3 is 12.3 Å². The zero-order valence-corrected chi connectivity index (χ0v) is 24.4. The maximum Gasteiger partial charge on any atom is 0.573 e. The Labute approximate surface area is 251 Å². The predicted octanol–water partition coefficient (Wildman–Crippen LogP) is 6.49. The minimum absolute atomic E-state index is 0.0440. The molecule has 2 aliphatic rings. The van der Waals surface area contributed by atoms with E-state index in [-0.39, 0.29) is 30.3 Å². The molecule has 3 atom stereocenters. The first-order valence-corrected chi connectivity index (χ1v) is 14.0. The maximum absolute atomic E-state index is 14.2. The Morgan fingerprint density at radius 1 is 1.05 bits per heavy atom. The molecule has 1 fully saturated rings. The fraction of sp³-hybridized carbons (Fsp3) is 0.355. The van der Waals surface area contributed by atoms with Crippen LogP contribution in [-0.2, 0) is 20.7 Å². The molecule has 3 aromatic rings. The SMILES string of the molecule is COC(=O)C1C[C@@H]1COc1cc(NC(C(=O)N2CCc3ccc(OC(F)(F)F)cc32)c2ccc(Cl)cc2C)cc(OC)c1. The van der Waals surface area contributed by atoms with E-state index in [1.165, 1.54) is 37.3 Å². The number of methoxy groups -OCH3 is 2. The molecule has 1 saturated carbocycles. The topological polar surface area (TPSA) is 86.3 Å². The smallest absolute Gasteiger partial charge is 0.497 e. The van der Waals surface area contributed by atoms with Crippen molar-refractivity contribution >= 4 is 34.9 Å². The quantitative estimate of drug-likeness (QED) is 0.260. The Bertz CT molecular complexity index is 1530. The van der Waals surface area contributed by atoms with Crippen LogP contribution in [0.15, 0.2) is 54.6 Å². The lowest BCUT2D eigenvalue weighted by atomic mass is 9.99. The van der Waals surface area contributed by atoms with Crippen LogP contribution in [0, 0.1) is 18.8 Å². The van der Waals surface area contributed by atoms with E-state index in [1.54, 1.807) is 36.4 Å². The molecule has 0 aromatic heterocycles.